The summed E-state index contributed by atoms with van der Waals surface area (Å²) in [7, 11) is 1.90. The molecule has 0 spiro atoms. The van der Waals surface area contributed by atoms with Gasteiger partial charge in [-0.15, -0.1) is 24.0 Å². The van der Waals surface area contributed by atoms with Crippen LogP contribution in [0.5, 0.6) is 0 Å². The predicted molar refractivity (Wildman–Crippen MR) is 123 cm³/mol. The van der Waals surface area contributed by atoms with Crippen LogP contribution < -0.4 is 5.32 Å². The van der Waals surface area contributed by atoms with Crippen molar-refractivity contribution >= 4 is 29.9 Å². The van der Waals surface area contributed by atoms with Crippen molar-refractivity contribution in [3.05, 3.63) is 35.9 Å². The molecule has 2 heterocycles. The summed E-state index contributed by atoms with van der Waals surface area (Å²) in [5, 5.41) is 3.61. The highest BCUT2D eigenvalue weighted by Gasteiger charge is 2.26. The molecule has 1 N–H and O–H groups in total. The van der Waals surface area contributed by atoms with Crippen molar-refractivity contribution in [2.75, 3.05) is 52.9 Å². The third-order valence-corrected chi connectivity index (χ3v) is 5.63. The molecule has 2 saturated heterocycles. The van der Waals surface area contributed by atoms with Crippen LogP contribution in [0.25, 0.3) is 0 Å². The van der Waals surface area contributed by atoms with Crippen molar-refractivity contribution in [1.29, 1.82) is 0 Å². The molecule has 0 radical (unpaired) electrons. The Morgan fingerprint density at radius 3 is 2.63 bits per heavy atom. The third-order valence-electron chi connectivity index (χ3n) is 5.63. The van der Waals surface area contributed by atoms with Gasteiger partial charge in [0.25, 0.3) is 0 Å². The summed E-state index contributed by atoms with van der Waals surface area (Å²) in [6.07, 6.45) is 2.48. The molecule has 1 aromatic rings. The average molecular weight is 486 g/mol. The van der Waals surface area contributed by atoms with Gasteiger partial charge in [-0.3, -0.25) is 4.99 Å². The van der Waals surface area contributed by atoms with Gasteiger partial charge in [0, 0.05) is 39.1 Å². The molecular weight excluding hydrogens is 451 g/mol. The number of hydrogen-bond donors (Lipinski definition) is 1. The molecule has 5 nitrogen and oxygen atoms in total. The van der Waals surface area contributed by atoms with Gasteiger partial charge in [0.2, 0.25) is 0 Å². The van der Waals surface area contributed by atoms with E-state index in [4.69, 9.17) is 4.74 Å². The summed E-state index contributed by atoms with van der Waals surface area (Å²) in [6, 6.07) is 10.4. The van der Waals surface area contributed by atoms with Crippen LogP contribution in [0.3, 0.4) is 0 Å². The molecule has 0 bridgehead atoms. The quantitative estimate of drug-likeness (QED) is 0.366. The highest BCUT2D eigenvalue weighted by atomic mass is 127. The summed E-state index contributed by atoms with van der Waals surface area (Å²) in [5.74, 6) is 2.41. The number of guanidine groups is 1. The van der Waals surface area contributed by atoms with Crippen molar-refractivity contribution in [2.45, 2.75) is 26.4 Å². The van der Waals surface area contributed by atoms with Gasteiger partial charge in [-0.05, 0) is 37.4 Å². The van der Waals surface area contributed by atoms with Gasteiger partial charge in [-0.1, -0.05) is 37.3 Å². The molecule has 0 aliphatic carbocycles. The maximum Gasteiger partial charge on any atom is 0.193 e. The van der Waals surface area contributed by atoms with Crippen molar-refractivity contribution in [3.8, 4) is 0 Å². The standard InChI is InChI=1S/C21H34N4O.HI/c1-3-24-11-9-19(14-24)13-23-21(22-2)25-12-10-20(15-25)17-26-16-18-7-5-4-6-8-18;/h4-8,19-20H,3,9-17H2,1-2H3,(H,22,23);1H. The fourth-order valence-corrected chi connectivity index (χ4v) is 4.01. The molecule has 2 fully saturated rings. The monoisotopic (exact) mass is 486 g/mol. The normalized spacial score (nSPS) is 23.5. The molecule has 2 aliphatic heterocycles. The SMILES string of the molecule is CCN1CCC(CNC(=NC)N2CCC(COCc3ccccc3)C2)C1.I. The minimum atomic E-state index is 0. The van der Waals surface area contributed by atoms with Crippen LogP contribution in [0.4, 0.5) is 0 Å². The lowest BCUT2D eigenvalue weighted by atomic mass is 10.1. The van der Waals surface area contributed by atoms with E-state index in [2.05, 4.69) is 51.3 Å². The molecule has 2 unspecified atom stereocenters. The van der Waals surface area contributed by atoms with Crippen LogP contribution in [0.2, 0.25) is 0 Å². The van der Waals surface area contributed by atoms with E-state index in [0.29, 0.717) is 12.5 Å². The lowest BCUT2D eigenvalue weighted by Crippen LogP contribution is -2.42. The number of nitrogens with zero attached hydrogens (tertiary/aromatic N) is 3. The van der Waals surface area contributed by atoms with Crippen molar-refractivity contribution in [1.82, 2.24) is 15.1 Å². The van der Waals surface area contributed by atoms with E-state index >= 15 is 0 Å². The van der Waals surface area contributed by atoms with Crippen LogP contribution in [0.1, 0.15) is 25.3 Å². The molecule has 0 aromatic heterocycles. The smallest absolute Gasteiger partial charge is 0.193 e. The average Bonchev–Trinajstić information content (AvgIpc) is 3.33. The van der Waals surface area contributed by atoms with Gasteiger partial charge in [-0.2, -0.15) is 0 Å². The number of nitrogens with one attached hydrogen (secondary N) is 1. The lowest BCUT2D eigenvalue weighted by Gasteiger charge is -2.23. The highest BCUT2D eigenvalue weighted by Crippen LogP contribution is 2.18. The van der Waals surface area contributed by atoms with Gasteiger partial charge >= 0.3 is 0 Å². The van der Waals surface area contributed by atoms with E-state index < -0.39 is 0 Å². The Morgan fingerprint density at radius 2 is 1.93 bits per heavy atom. The van der Waals surface area contributed by atoms with Crippen molar-refractivity contribution in [3.63, 3.8) is 0 Å². The lowest BCUT2D eigenvalue weighted by molar-refractivity contribution is 0.0906. The minimum absolute atomic E-state index is 0. The number of rotatable bonds is 7. The Labute approximate surface area is 181 Å². The Morgan fingerprint density at radius 1 is 1.15 bits per heavy atom. The van der Waals surface area contributed by atoms with E-state index in [9.17, 15) is 0 Å². The summed E-state index contributed by atoms with van der Waals surface area (Å²) < 4.78 is 5.94. The molecule has 1 aromatic carbocycles. The molecule has 0 saturated carbocycles. The van der Waals surface area contributed by atoms with Gasteiger partial charge in [0.1, 0.15) is 0 Å². The summed E-state index contributed by atoms with van der Waals surface area (Å²) in [6.45, 7) is 10.6. The molecule has 0 amide bonds. The Bertz CT molecular complexity index is 569. The van der Waals surface area contributed by atoms with E-state index in [0.717, 1.165) is 38.1 Å². The summed E-state index contributed by atoms with van der Waals surface area (Å²) in [5.41, 5.74) is 1.25. The van der Waals surface area contributed by atoms with Gasteiger partial charge in [0.15, 0.2) is 5.96 Å². The van der Waals surface area contributed by atoms with E-state index in [-0.39, 0.29) is 24.0 Å². The van der Waals surface area contributed by atoms with E-state index in [1.807, 2.05) is 13.1 Å². The summed E-state index contributed by atoms with van der Waals surface area (Å²) >= 11 is 0. The maximum absolute atomic E-state index is 5.94. The van der Waals surface area contributed by atoms with Crippen LogP contribution >= 0.6 is 24.0 Å². The number of benzene rings is 1. The number of halogens is 1. The number of likely N-dealkylation sites (tertiary alicyclic amines) is 2. The zero-order valence-electron chi connectivity index (χ0n) is 16.8. The van der Waals surface area contributed by atoms with Gasteiger partial charge in [0.05, 0.1) is 13.2 Å². The molecule has 2 atom stereocenters. The van der Waals surface area contributed by atoms with Crippen LogP contribution in [0.15, 0.2) is 35.3 Å². The fourth-order valence-electron chi connectivity index (χ4n) is 4.01. The molecule has 152 valence electrons. The van der Waals surface area contributed by atoms with E-state index in [1.165, 1.54) is 38.0 Å². The first-order valence-corrected chi connectivity index (χ1v) is 10.1. The summed E-state index contributed by atoms with van der Waals surface area (Å²) in [4.78, 5) is 9.43. The molecular formula is C21H35IN4O. The second-order valence-electron chi connectivity index (χ2n) is 7.58. The first kappa shape index (κ1) is 22.4. The van der Waals surface area contributed by atoms with Crippen LogP contribution in [-0.4, -0.2) is 68.7 Å². The van der Waals surface area contributed by atoms with Gasteiger partial charge in [-0.25, -0.2) is 0 Å². The first-order valence-electron chi connectivity index (χ1n) is 10.1. The topological polar surface area (TPSA) is 40.1 Å². The fraction of sp³-hybridized carbons (Fsp3) is 0.667. The largest absolute Gasteiger partial charge is 0.376 e. The Kier molecular flexibility index (Phi) is 9.86. The maximum atomic E-state index is 5.94. The zero-order chi connectivity index (χ0) is 18.2. The zero-order valence-corrected chi connectivity index (χ0v) is 19.1. The number of hydrogen-bond acceptors (Lipinski definition) is 3. The Hall–Kier alpha value is -0.860. The molecule has 2 aliphatic rings. The van der Waals surface area contributed by atoms with Crippen LogP contribution in [-0.2, 0) is 11.3 Å². The second-order valence-corrected chi connectivity index (χ2v) is 7.58. The number of aliphatic imine (C=N–C) groups is 1. The molecule has 3 rings (SSSR count). The predicted octanol–water partition coefficient (Wildman–Crippen LogP) is 3.06. The van der Waals surface area contributed by atoms with Gasteiger partial charge < -0.3 is 19.9 Å². The first-order chi connectivity index (χ1) is 12.8. The van der Waals surface area contributed by atoms with Crippen molar-refractivity contribution < 1.29 is 4.74 Å². The van der Waals surface area contributed by atoms with E-state index in [1.54, 1.807) is 0 Å². The Balaban J connectivity index is 0.00000261. The molecule has 6 heteroatoms. The molecule has 27 heavy (non-hydrogen) atoms. The third kappa shape index (κ3) is 6.91. The number of ether oxygens (including phenoxy) is 1. The highest BCUT2D eigenvalue weighted by molar-refractivity contribution is 14.0. The minimum Gasteiger partial charge on any atom is -0.376 e. The second kappa shape index (κ2) is 11.9. The van der Waals surface area contributed by atoms with Crippen LogP contribution in [0, 0.1) is 11.8 Å². The van der Waals surface area contributed by atoms with Crippen molar-refractivity contribution in [2.24, 2.45) is 16.8 Å².